The van der Waals surface area contributed by atoms with E-state index in [4.69, 9.17) is 9.84 Å². The molecule has 2 aliphatic rings. The molecule has 3 N–H and O–H groups in total. The number of nitrogens with zero attached hydrogens (tertiary/aromatic N) is 1. The molecule has 8 heteroatoms. The van der Waals surface area contributed by atoms with Crippen molar-refractivity contribution < 1.29 is 24.2 Å². The van der Waals surface area contributed by atoms with Crippen molar-refractivity contribution in [2.24, 2.45) is 0 Å². The summed E-state index contributed by atoms with van der Waals surface area (Å²) in [5, 5.41) is 14.7. The standard InChI is InChI=1S/C27H33N3O5/c1-17(2)30-14-13-18(15-30)28-26(33)24(11-12-25(31)32)29-27(34)35-16-23-21-9-5-3-7-19(21)20-8-4-6-10-22(20)23/h3-10,17-18,23-24H,11-16H2,1-2H3,(H,28,33)(H,29,34)(H,31,32). The largest absolute Gasteiger partial charge is 0.481 e. The fourth-order valence-corrected chi connectivity index (χ4v) is 4.99. The van der Waals surface area contributed by atoms with Gasteiger partial charge < -0.3 is 20.5 Å². The number of benzene rings is 2. The fraction of sp³-hybridized carbons (Fsp3) is 0.444. The number of carboxylic acids is 1. The maximum absolute atomic E-state index is 12.9. The van der Waals surface area contributed by atoms with E-state index < -0.39 is 18.1 Å². The van der Waals surface area contributed by atoms with E-state index in [0.29, 0.717) is 6.04 Å². The van der Waals surface area contributed by atoms with E-state index in [0.717, 1.165) is 41.8 Å². The monoisotopic (exact) mass is 479 g/mol. The first-order chi connectivity index (χ1) is 16.8. The van der Waals surface area contributed by atoms with E-state index in [1.54, 1.807) is 0 Å². The molecule has 1 aliphatic heterocycles. The summed E-state index contributed by atoms with van der Waals surface area (Å²) < 4.78 is 5.56. The molecule has 2 aromatic rings. The van der Waals surface area contributed by atoms with Crippen LogP contribution in [-0.4, -0.2) is 65.8 Å². The summed E-state index contributed by atoms with van der Waals surface area (Å²) in [4.78, 5) is 39.0. The van der Waals surface area contributed by atoms with Crippen LogP contribution in [0.15, 0.2) is 48.5 Å². The third kappa shape index (κ3) is 5.82. The predicted molar refractivity (Wildman–Crippen MR) is 132 cm³/mol. The van der Waals surface area contributed by atoms with Crippen LogP contribution in [0.3, 0.4) is 0 Å². The lowest BCUT2D eigenvalue weighted by atomic mass is 9.98. The lowest BCUT2D eigenvalue weighted by Gasteiger charge is -2.23. The van der Waals surface area contributed by atoms with Crippen molar-refractivity contribution in [1.82, 2.24) is 15.5 Å². The number of carboxylic acid groups (broad SMARTS) is 1. The number of alkyl carbamates (subject to hydrolysis) is 1. The van der Waals surface area contributed by atoms with Gasteiger partial charge >= 0.3 is 12.1 Å². The van der Waals surface area contributed by atoms with Crippen LogP contribution in [0.4, 0.5) is 4.79 Å². The molecule has 1 fully saturated rings. The Bertz CT molecular complexity index is 1040. The molecule has 35 heavy (non-hydrogen) atoms. The summed E-state index contributed by atoms with van der Waals surface area (Å²) >= 11 is 0. The first kappa shape index (κ1) is 24.7. The molecule has 2 aromatic carbocycles. The lowest BCUT2D eigenvalue weighted by molar-refractivity contribution is -0.137. The summed E-state index contributed by atoms with van der Waals surface area (Å²) in [6.07, 6.45) is -0.149. The van der Waals surface area contributed by atoms with Crippen LogP contribution < -0.4 is 10.6 Å². The van der Waals surface area contributed by atoms with Gasteiger partial charge in [0.05, 0.1) is 0 Å². The quantitative estimate of drug-likeness (QED) is 0.509. The van der Waals surface area contributed by atoms with Crippen molar-refractivity contribution in [3.05, 3.63) is 59.7 Å². The van der Waals surface area contributed by atoms with Gasteiger partial charge in [-0.15, -0.1) is 0 Å². The van der Waals surface area contributed by atoms with Crippen molar-refractivity contribution in [1.29, 1.82) is 0 Å². The van der Waals surface area contributed by atoms with Crippen LogP contribution in [-0.2, 0) is 14.3 Å². The van der Waals surface area contributed by atoms with Crippen LogP contribution >= 0.6 is 0 Å². The van der Waals surface area contributed by atoms with Crippen molar-refractivity contribution in [2.75, 3.05) is 19.7 Å². The van der Waals surface area contributed by atoms with Crippen molar-refractivity contribution >= 4 is 18.0 Å². The molecule has 0 aromatic heterocycles. The van der Waals surface area contributed by atoms with Gasteiger partial charge in [-0.3, -0.25) is 14.5 Å². The van der Waals surface area contributed by atoms with E-state index in [1.165, 1.54) is 0 Å². The highest BCUT2D eigenvalue weighted by Gasteiger charge is 2.31. The van der Waals surface area contributed by atoms with Gasteiger partial charge in [-0.1, -0.05) is 48.5 Å². The maximum Gasteiger partial charge on any atom is 0.407 e. The SMILES string of the molecule is CC(C)N1CCC(NC(=O)C(CCC(=O)O)NC(=O)OCC2c3ccccc3-c3ccccc32)C1. The summed E-state index contributed by atoms with van der Waals surface area (Å²) in [7, 11) is 0. The van der Waals surface area contributed by atoms with Crippen LogP contribution in [0.25, 0.3) is 11.1 Å². The molecule has 1 heterocycles. The van der Waals surface area contributed by atoms with Crippen LogP contribution in [0.2, 0.25) is 0 Å². The van der Waals surface area contributed by atoms with Crippen LogP contribution in [0.1, 0.15) is 50.2 Å². The third-order valence-corrected chi connectivity index (χ3v) is 6.90. The molecule has 0 radical (unpaired) electrons. The topological polar surface area (TPSA) is 108 Å². The van der Waals surface area contributed by atoms with Gasteiger partial charge in [-0.25, -0.2) is 4.79 Å². The Morgan fingerprint density at radius 1 is 1.06 bits per heavy atom. The van der Waals surface area contributed by atoms with E-state index >= 15 is 0 Å². The second-order valence-corrected chi connectivity index (χ2v) is 9.54. The van der Waals surface area contributed by atoms with E-state index in [9.17, 15) is 14.4 Å². The molecule has 8 nitrogen and oxygen atoms in total. The maximum atomic E-state index is 12.9. The minimum Gasteiger partial charge on any atom is -0.481 e. The van der Waals surface area contributed by atoms with Crippen molar-refractivity contribution in [2.45, 2.75) is 57.2 Å². The number of aliphatic carboxylic acids is 1. The normalized spacial score (nSPS) is 18.1. The number of amides is 2. The highest BCUT2D eigenvalue weighted by atomic mass is 16.5. The highest BCUT2D eigenvalue weighted by molar-refractivity contribution is 5.86. The lowest BCUT2D eigenvalue weighted by Crippen LogP contribution is -2.50. The molecule has 4 rings (SSSR count). The second-order valence-electron chi connectivity index (χ2n) is 9.54. The Morgan fingerprint density at radius 3 is 2.26 bits per heavy atom. The Labute approximate surface area is 205 Å². The summed E-state index contributed by atoms with van der Waals surface area (Å²) in [6.45, 7) is 5.97. The number of nitrogens with one attached hydrogen (secondary N) is 2. The number of ether oxygens (including phenoxy) is 1. The van der Waals surface area contributed by atoms with E-state index in [1.807, 2.05) is 36.4 Å². The van der Waals surface area contributed by atoms with Gasteiger partial charge in [0, 0.05) is 37.5 Å². The number of hydrogen-bond acceptors (Lipinski definition) is 5. The Hall–Kier alpha value is -3.39. The van der Waals surface area contributed by atoms with Gasteiger partial charge in [0.25, 0.3) is 0 Å². The average molecular weight is 480 g/mol. The van der Waals surface area contributed by atoms with E-state index in [-0.39, 0.29) is 37.3 Å². The minimum atomic E-state index is -1.02. The first-order valence-electron chi connectivity index (χ1n) is 12.2. The Morgan fingerprint density at radius 2 is 1.69 bits per heavy atom. The van der Waals surface area contributed by atoms with Crippen molar-refractivity contribution in [3.63, 3.8) is 0 Å². The second kappa shape index (κ2) is 10.9. The van der Waals surface area contributed by atoms with E-state index in [2.05, 4.69) is 41.5 Å². The molecular weight excluding hydrogens is 446 g/mol. The molecule has 1 aliphatic carbocycles. The smallest absolute Gasteiger partial charge is 0.407 e. The number of rotatable bonds is 9. The van der Waals surface area contributed by atoms with Gasteiger partial charge in [0.2, 0.25) is 5.91 Å². The zero-order valence-corrected chi connectivity index (χ0v) is 20.2. The van der Waals surface area contributed by atoms with Gasteiger partial charge in [0.1, 0.15) is 12.6 Å². The van der Waals surface area contributed by atoms with Crippen molar-refractivity contribution in [3.8, 4) is 11.1 Å². The summed E-state index contributed by atoms with van der Waals surface area (Å²) in [5.41, 5.74) is 4.45. The molecule has 1 saturated heterocycles. The van der Waals surface area contributed by atoms with Crippen LogP contribution in [0, 0.1) is 0 Å². The zero-order chi connectivity index (χ0) is 24.9. The van der Waals surface area contributed by atoms with Gasteiger partial charge in [-0.05, 0) is 48.9 Å². The number of carbonyl (C=O) groups excluding carboxylic acids is 2. The average Bonchev–Trinajstić information content (AvgIpc) is 3.43. The van der Waals surface area contributed by atoms with Gasteiger partial charge in [-0.2, -0.15) is 0 Å². The molecule has 0 spiro atoms. The predicted octanol–water partition coefficient (Wildman–Crippen LogP) is 3.36. The molecule has 2 unspecified atom stereocenters. The Kier molecular flexibility index (Phi) is 7.70. The summed E-state index contributed by atoms with van der Waals surface area (Å²) in [6, 6.07) is 15.5. The Balaban J connectivity index is 1.37. The fourth-order valence-electron chi connectivity index (χ4n) is 4.99. The molecule has 0 bridgehead atoms. The van der Waals surface area contributed by atoms with Gasteiger partial charge in [0.15, 0.2) is 0 Å². The number of hydrogen-bond donors (Lipinski definition) is 3. The third-order valence-electron chi connectivity index (χ3n) is 6.90. The molecule has 186 valence electrons. The molecule has 2 amide bonds. The number of carbonyl (C=O) groups is 3. The number of likely N-dealkylation sites (tertiary alicyclic amines) is 1. The summed E-state index contributed by atoms with van der Waals surface area (Å²) in [5.74, 6) is -1.50. The zero-order valence-electron chi connectivity index (χ0n) is 20.2. The molecule has 2 atom stereocenters. The van der Waals surface area contributed by atoms with Crippen LogP contribution in [0.5, 0.6) is 0 Å². The highest BCUT2D eigenvalue weighted by Crippen LogP contribution is 2.44. The molecular formula is C27H33N3O5. The number of fused-ring (bicyclic) bond motifs is 3. The minimum absolute atomic E-state index is 0.00796. The molecule has 0 saturated carbocycles. The first-order valence-corrected chi connectivity index (χ1v) is 12.2.